The number of anilines is 2. The van der Waals surface area contributed by atoms with Crippen LogP contribution in [0.2, 0.25) is 0 Å². The highest BCUT2D eigenvalue weighted by molar-refractivity contribution is 5.86. The number of hydrogen-bond acceptors (Lipinski definition) is 8. The summed E-state index contributed by atoms with van der Waals surface area (Å²) in [4.78, 5) is 29.4. The van der Waals surface area contributed by atoms with Gasteiger partial charge in [0.25, 0.3) is 0 Å². The van der Waals surface area contributed by atoms with Crippen molar-refractivity contribution in [1.29, 1.82) is 0 Å². The van der Waals surface area contributed by atoms with E-state index >= 15 is 0 Å². The van der Waals surface area contributed by atoms with E-state index in [-0.39, 0.29) is 23.7 Å². The molecule has 10 nitrogen and oxygen atoms in total. The number of fused-ring (bicyclic) bond motifs is 1. The van der Waals surface area contributed by atoms with E-state index in [1.54, 1.807) is 11.1 Å². The molecule has 0 radical (unpaired) electrons. The van der Waals surface area contributed by atoms with E-state index in [0.717, 1.165) is 41.8 Å². The molecule has 0 atom stereocenters. The molecule has 1 aromatic carbocycles. The molecule has 5 rings (SSSR count). The normalized spacial score (nSPS) is 14.6. The van der Waals surface area contributed by atoms with Crippen molar-refractivity contribution in [3.8, 4) is 11.3 Å². The third-order valence-corrected chi connectivity index (χ3v) is 6.67. The average Bonchev–Trinajstić information content (AvgIpc) is 3.34. The summed E-state index contributed by atoms with van der Waals surface area (Å²) in [6.07, 6.45) is 2.70. The molecule has 1 fully saturated rings. The number of pyridine rings is 1. The van der Waals surface area contributed by atoms with Crippen LogP contribution in [0.25, 0.3) is 22.2 Å². The number of piperazine rings is 1. The summed E-state index contributed by atoms with van der Waals surface area (Å²) in [5.74, 6) is 0.563. The fourth-order valence-corrected chi connectivity index (χ4v) is 4.63. The van der Waals surface area contributed by atoms with Gasteiger partial charge in [0.1, 0.15) is 17.1 Å². The van der Waals surface area contributed by atoms with Gasteiger partial charge in [0.2, 0.25) is 5.95 Å². The first-order valence-corrected chi connectivity index (χ1v) is 13.5. The maximum absolute atomic E-state index is 14.8. The molecule has 210 valence electrons. The number of amides is 1. The second-order valence-corrected chi connectivity index (χ2v) is 11.3. The predicted octanol–water partition coefficient (Wildman–Crippen LogP) is 5.47. The monoisotopic (exact) mass is 546 g/mol. The molecule has 4 heterocycles. The molecule has 0 saturated carbocycles. The first-order valence-electron chi connectivity index (χ1n) is 13.5. The number of nitrogens with one attached hydrogen (secondary N) is 2. The van der Waals surface area contributed by atoms with Crippen molar-refractivity contribution >= 4 is 28.8 Å². The smallest absolute Gasteiger partial charge is 0.410 e. The predicted molar refractivity (Wildman–Crippen MR) is 152 cm³/mol. The summed E-state index contributed by atoms with van der Waals surface area (Å²) in [6, 6.07) is 9.41. The molecule has 0 aliphatic carbocycles. The summed E-state index contributed by atoms with van der Waals surface area (Å²) >= 11 is 0. The van der Waals surface area contributed by atoms with Crippen molar-refractivity contribution in [2.75, 3.05) is 31.5 Å². The molecule has 40 heavy (non-hydrogen) atoms. The minimum absolute atomic E-state index is 0.206. The second kappa shape index (κ2) is 11.2. The SMILES string of the molecule is CC(C)c1[nH]nc2ccc(-c3nc(Nc4ccc(CN5CCN(C(=O)OC(C)(C)C)CC5)cn4)ncc3F)cc12. The Morgan fingerprint density at radius 2 is 1.88 bits per heavy atom. The Balaban J connectivity index is 1.22. The molecule has 2 N–H and O–H groups in total. The van der Waals surface area contributed by atoms with E-state index in [9.17, 15) is 9.18 Å². The fraction of sp³-hybridized carbons (Fsp3) is 0.414. The van der Waals surface area contributed by atoms with Crippen LogP contribution in [0.4, 0.5) is 21.0 Å². The minimum Gasteiger partial charge on any atom is -0.444 e. The molecule has 1 aliphatic heterocycles. The minimum atomic E-state index is -0.505. The number of hydrogen-bond donors (Lipinski definition) is 2. The van der Waals surface area contributed by atoms with Crippen molar-refractivity contribution in [3.63, 3.8) is 0 Å². The number of rotatable bonds is 6. The zero-order valence-electron chi connectivity index (χ0n) is 23.5. The zero-order valence-corrected chi connectivity index (χ0v) is 23.5. The van der Waals surface area contributed by atoms with Gasteiger partial charge in [-0.05, 0) is 50.5 Å². The van der Waals surface area contributed by atoms with Crippen molar-refractivity contribution in [1.82, 2.24) is 34.9 Å². The van der Waals surface area contributed by atoms with Crippen LogP contribution in [-0.4, -0.2) is 72.8 Å². The van der Waals surface area contributed by atoms with Gasteiger partial charge in [-0.25, -0.2) is 24.1 Å². The summed E-state index contributed by atoms with van der Waals surface area (Å²) in [6.45, 7) is 13.3. The number of carbonyl (C=O) groups is 1. The van der Waals surface area contributed by atoms with Gasteiger partial charge in [-0.15, -0.1) is 0 Å². The highest BCUT2D eigenvalue weighted by atomic mass is 19.1. The summed E-state index contributed by atoms with van der Waals surface area (Å²) in [5.41, 5.74) is 3.23. The number of ether oxygens (including phenoxy) is 1. The molecule has 3 aromatic heterocycles. The topological polar surface area (TPSA) is 112 Å². The maximum atomic E-state index is 14.8. The Labute approximate surface area is 233 Å². The number of halogens is 1. The van der Waals surface area contributed by atoms with Gasteiger partial charge in [-0.1, -0.05) is 26.0 Å². The first kappa shape index (κ1) is 27.4. The summed E-state index contributed by atoms with van der Waals surface area (Å²) in [5, 5.41) is 11.4. The molecule has 1 amide bonds. The van der Waals surface area contributed by atoms with Crippen molar-refractivity contribution in [2.24, 2.45) is 0 Å². The van der Waals surface area contributed by atoms with E-state index in [4.69, 9.17) is 4.74 Å². The third kappa shape index (κ3) is 6.36. The van der Waals surface area contributed by atoms with Crippen molar-refractivity contribution in [3.05, 3.63) is 59.8 Å². The van der Waals surface area contributed by atoms with Crippen LogP contribution in [0.15, 0.2) is 42.7 Å². The summed E-state index contributed by atoms with van der Waals surface area (Å²) in [7, 11) is 0. The Bertz CT molecular complexity index is 1490. The summed E-state index contributed by atoms with van der Waals surface area (Å²) < 4.78 is 20.2. The zero-order chi connectivity index (χ0) is 28.4. The van der Waals surface area contributed by atoms with E-state index in [0.29, 0.717) is 24.5 Å². The van der Waals surface area contributed by atoms with Crippen LogP contribution in [0.5, 0.6) is 0 Å². The molecule has 1 saturated heterocycles. The molecular formula is C29H35FN8O2. The van der Waals surface area contributed by atoms with Gasteiger partial charge in [0.15, 0.2) is 5.82 Å². The number of aromatic amines is 1. The lowest BCUT2D eigenvalue weighted by Crippen LogP contribution is -2.49. The second-order valence-electron chi connectivity index (χ2n) is 11.3. The van der Waals surface area contributed by atoms with Crippen molar-refractivity contribution < 1.29 is 13.9 Å². The lowest BCUT2D eigenvalue weighted by Gasteiger charge is -2.35. The highest BCUT2D eigenvalue weighted by Crippen LogP contribution is 2.29. The van der Waals surface area contributed by atoms with Gasteiger partial charge < -0.3 is 15.0 Å². The number of nitrogens with zero attached hydrogens (tertiary/aromatic N) is 6. The lowest BCUT2D eigenvalue weighted by molar-refractivity contribution is 0.0139. The van der Waals surface area contributed by atoms with Crippen LogP contribution in [0.1, 0.15) is 51.8 Å². The molecular weight excluding hydrogens is 511 g/mol. The van der Waals surface area contributed by atoms with Gasteiger partial charge in [-0.2, -0.15) is 5.10 Å². The molecule has 11 heteroatoms. The molecule has 0 spiro atoms. The number of H-pyrrole nitrogens is 1. The molecule has 1 aliphatic rings. The van der Waals surface area contributed by atoms with Crippen LogP contribution in [0.3, 0.4) is 0 Å². The van der Waals surface area contributed by atoms with E-state index in [2.05, 4.69) is 49.2 Å². The largest absolute Gasteiger partial charge is 0.444 e. The van der Waals surface area contributed by atoms with Crippen LogP contribution in [0, 0.1) is 5.82 Å². The van der Waals surface area contributed by atoms with E-state index < -0.39 is 11.4 Å². The first-order chi connectivity index (χ1) is 19.1. The van der Waals surface area contributed by atoms with Crippen LogP contribution < -0.4 is 5.32 Å². The van der Waals surface area contributed by atoms with Gasteiger partial charge in [0, 0.05) is 55.6 Å². The van der Waals surface area contributed by atoms with Crippen LogP contribution in [-0.2, 0) is 11.3 Å². The maximum Gasteiger partial charge on any atom is 0.410 e. The Hall–Kier alpha value is -4.12. The van der Waals surface area contributed by atoms with Gasteiger partial charge in [0.05, 0.1) is 11.7 Å². The van der Waals surface area contributed by atoms with Gasteiger partial charge in [-0.3, -0.25) is 10.00 Å². The molecule has 0 unspecified atom stereocenters. The number of benzene rings is 1. The fourth-order valence-electron chi connectivity index (χ4n) is 4.63. The Morgan fingerprint density at radius 1 is 1.10 bits per heavy atom. The Morgan fingerprint density at radius 3 is 2.55 bits per heavy atom. The molecule has 0 bridgehead atoms. The van der Waals surface area contributed by atoms with Crippen molar-refractivity contribution in [2.45, 2.75) is 52.7 Å². The standard InChI is InChI=1S/C29H35FN8O2/c1-18(2)25-21-14-20(7-8-23(21)35-36-25)26-22(30)16-32-27(34-26)33-24-9-6-19(15-31-24)17-37-10-12-38(13-11-37)28(39)40-29(3,4)5/h6-9,14-16,18H,10-13,17H2,1-5H3,(H,35,36)(H,31,32,33,34). The lowest BCUT2D eigenvalue weighted by atomic mass is 10.0. The quantitative estimate of drug-likeness (QED) is 0.327. The van der Waals surface area contributed by atoms with E-state index in [1.807, 2.05) is 51.1 Å². The van der Waals surface area contributed by atoms with E-state index in [1.165, 1.54) is 6.20 Å². The van der Waals surface area contributed by atoms with Crippen LogP contribution >= 0.6 is 0 Å². The van der Waals surface area contributed by atoms with Gasteiger partial charge >= 0.3 is 6.09 Å². The highest BCUT2D eigenvalue weighted by Gasteiger charge is 2.26. The number of aromatic nitrogens is 5. The average molecular weight is 547 g/mol. The Kier molecular flexibility index (Phi) is 7.66. The molecule has 4 aromatic rings. The third-order valence-electron chi connectivity index (χ3n) is 6.67. The number of carbonyl (C=O) groups excluding carboxylic acids is 1.